The van der Waals surface area contributed by atoms with E-state index >= 15 is 0 Å². The van der Waals surface area contributed by atoms with Gasteiger partial charge in [-0.25, -0.2) is 9.89 Å². The number of thioether (sulfide) groups is 1. The number of rotatable bonds is 6. The summed E-state index contributed by atoms with van der Waals surface area (Å²) in [4.78, 5) is 11.8. The molecule has 0 aliphatic rings. The number of benzene rings is 1. The van der Waals surface area contributed by atoms with Gasteiger partial charge in [-0.15, -0.1) is 5.10 Å². The van der Waals surface area contributed by atoms with Crippen LogP contribution in [0.5, 0.6) is 0 Å². The highest BCUT2D eigenvalue weighted by Crippen LogP contribution is 2.31. The number of aromatic nitrogens is 3. The van der Waals surface area contributed by atoms with E-state index in [1.807, 2.05) is 39.1 Å². The molecule has 21 heavy (non-hydrogen) atoms. The number of nitrogens with zero attached hydrogens (tertiary/aromatic N) is 2. The molecule has 0 aliphatic heterocycles. The zero-order chi connectivity index (χ0) is 15.4. The van der Waals surface area contributed by atoms with Crippen LogP contribution in [-0.4, -0.2) is 27.1 Å². The summed E-state index contributed by atoms with van der Waals surface area (Å²) in [7, 11) is 1.95. The Morgan fingerprint density at radius 3 is 2.48 bits per heavy atom. The maximum atomic E-state index is 11.8. The topological polar surface area (TPSA) is 62.7 Å². The summed E-state index contributed by atoms with van der Waals surface area (Å²) < 4.78 is 1.69. The van der Waals surface area contributed by atoms with Gasteiger partial charge in [-0.05, 0) is 26.5 Å². The van der Waals surface area contributed by atoms with Gasteiger partial charge in [0.25, 0.3) is 0 Å². The van der Waals surface area contributed by atoms with Gasteiger partial charge in [0.05, 0.1) is 0 Å². The molecule has 1 aromatic heterocycles. The van der Waals surface area contributed by atoms with Crippen molar-refractivity contribution in [2.75, 3.05) is 7.05 Å². The fraction of sp³-hybridized carbons (Fsp3) is 0.467. The molecule has 0 radical (unpaired) electrons. The standard InChI is InChI=1S/C15H22N4OS/c1-10(2)19-14(20)17-18-15(19)21-11(3)13(16-4)12-8-6-5-7-9-12/h5-11,13,16H,1-4H3,(H,17,20). The van der Waals surface area contributed by atoms with Crippen LogP contribution in [0, 0.1) is 0 Å². The molecule has 2 rings (SSSR count). The Balaban J connectivity index is 2.21. The third kappa shape index (κ3) is 3.57. The average molecular weight is 306 g/mol. The number of hydrogen-bond acceptors (Lipinski definition) is 4. The molecule has 2 aromatic rings. The van der Waals surface area contributed by atoms with Crippen molar-refractivity contribution in [2.24, 2.45) is 0 Å². The second-order valence-electron chi connectivity index (χ2n) is 5.28. The second-order valence-corrected chi connectivity index (χ2v) is 6.62. The van der Waals surface area contributed by atoms with E-state index < -0.39 is 0 Å². The van der Waals surface area contributed by atoms with Crippen molar-refractivity contribution in [3.63, 3.8) is 0 Å². The largest absolute Gasteiger partial charge is 0.344 e. The molecule has 1 heterocycles. The van der Waals surface area contributed by atoms with Gasteiger partial charge in [-0.1, -0.05) is 49.0 Å². The van der Waals surface area contributed by atoms with E-state index in [4.69, 9.17) is 0 Å². The van der Waals surface area contributed by atoms with Crippen LogP contribution in [0.3, 0.4) is 0 Å². The maximum Gasteiger partial charge on any atom is 0.344 e. The van der Waals surface area contributed by atoms with Crippen LogP contribution in [0.15, 0.2) is 40.3 Å². The molecule has 1 aromatic carbocycles. The predicted octanol–water partition coefficient (Wildman–Crippen LogP) is 2.59. The normalized spacial score (nSPS) is 14.3. The van der Waals surface area contributed by atoms with Crippen LogP contribution in [0.1, 0.15) is 38.4 Å². The van der Waals surface area contributed by atoms with Crippen LogP contribution in [0.2, 0.25) is 0 Å². The van der Waals surface area contributed by atoms with Crippen molar-refractivity contribution >= 4 is 11.8 Å². The molecule has 0 saturated carbocycles. The minimum Gasteiger partial charge on any atom is -0.312 e. The Labute approximate surface area is 129 Å². The van der Waals surface area contributed by atoms with Crippen molar-refractivity contribution in [3.05, 3.63) is 46.4 Å². The van der Waals surface area contributed by atoms with E-state index in [2.05, 4.69) is 34.6 Å². The lowest BCUT2D eigenvalue weighted by Gasteiger charge is -2.23. The van der Waals surface area contributed by atoms with Crippen molar-refractivity contribution in [1.82, 2.24) is 20.1 Å². The predicted molar refractivity (Wildman–Crippen MR) is 86.8 cm³/mol. The number of hydrogen-bond donors (Lipinski definition) is 2. The summed E-state index contributed by atoms with van der Waals surface area (Å²) in [5, 5.41) is 11.0. The van der Waals surface area contributed by atoms with Crippen LogP contribution in [0.25, 0.3) is 0 Å². The molecule has 0 saturated heterocycles. The van der Waals surface area contributed by atoms with Gasteiger partial charge in [0.15, 0.2) is 5.16 Å². The van der Waals surface area contributed by atoms with E-state index in [1.54, 1.807) is 16.3 Å². The Bertz CT molecular complexity index is 620. The third-order valence-electron chi connectivity index (χ3n) is 3.42. The van der Waals surface area contributed by atoms with Crippen molar-refractivity contribution in [2.45, 2.75) is 43.3 Å². The van der Waals surface area contributed by atoms with Crippen LogP contribution >= 0.6 is 11.8 Å². The van der Waals surface area contributed by atoms with E-state index in [1.165, 1.54) is 5.56 Å². The molecular formula is C15H22N4OS. The van der Waals surface area contributed by atoms with Gasteiger partial charge in [0.1, 0.15) is 0 Å². The fourth-order valence-electron chi connectivity index (χ4n) is 2.40. The van der Waals surface area contributed by atoms with E-state index in [0.717, 1.165) is 5.16 Å². The van der Waals surface area contributed by atoms with Crippen LogP contribution < -0.4 is 11.0 Å². The first-order valence-corrected chi connectivity index (χ1v) is 7.98. The van der Waals surface area contributed by atoms with Crippen LogP contribution in [0.4, 0.5) is 0 Å². The quantitative estimate of drug-likeness (QED) is 0.805. The van der Waals surface area contributed by atoms with Crippen molar-refractivity contribution in [3.8, 4) is 0 Å². The monoisotopic (exact) mass is 306 g/mol. The van der Waals surface area contributed by atoms with Gasteiger partial charge in [-0.2, -0.15) is 0 Å². The van der Waals surface area contributed by atoms with E-state index in [-0.39, 0.29) is 23.0 Å². The minimum atomic E-state index is -0.152. The molecule has 0 amide bonds. The van der Waals surface area contributed by atoms with E-state index in [0.29, 0.717) is 0 Å². The summed E-state index contributed by atoms with van der Waals surface area (Å²) in [6, 6.07) is 10.6. The SMILES string of the molecule is CNC(c1ccccc1)C(C)Sc1n[nH]c(=O)n1C(C)C. The molecule has 5 nitrogen and oxygen atoms in total. The maximum absolute atomic E-state index is 11.8. The molecule has 2 atom stereocenters. The van der Waals surface area contributed by atoms with E-state index in [9.17, 15) is 4.79 Å². The van der Waals surface area contributed by atoms with Gasteiger partial charge < -0.3 is 5.32 Å². The molecule has 6 heteroatoms. The number of nitrogens with one attached hydrogen (secondary N) is 2. The number of aromatic amines is 1. The van der Waals surface area contributed by atoms with Crippen molar-refractivity contribution < 1.29 is 0 Å². The average Bonchev–Trinajstić information content (AvgIpc) is 2.81. The Kier molecular flexibility index (Phi) is 5.25. The lowest BCUT2D eigenvalue weighted by atomic mass is 10.0. The fourth-order valence-corrected chi connectivity index (χ4v) is 3.66. The van der Waals surface area contributed by atoms with Gasteiger partial charge in [0, 0.05) is 17.3 Å². The highest BCUT2D eigenvalue weighted by atomic mass is 32.2. The zero-order valence-electron chi connectivity index (χ0n) is 12.8. The third-order valence-corrected chi connectivity index (χ3v) is 4.56. The minimum absolute atomic E-state index is 0.0933. The molecular weight excluding hydrogens is 284 g/mol. The van der Waals surface area contributed by atoms with Gasteiger partial charge in [0.2, 0.25) is 0 Å². The lowest BCUT2D eigenvalue weighted by molar-refractivity contribution is 0.529. The van der Waals surface area contributed by atoms with Gasteiger partial charge >= 0.3 is 5.69 Å². The summed E-state index contributed by atoms with van der Waals surface area (Å²) in [5.41, 5.74) is 1.08. The highest BCUT2D eigenvalue weighted by Gasteiger charge is 2.22. The van der Waals surface area contributed by atoms with Crippen LogP contribution in [-0.2, 0) is 0 Å². The first-order valence-electron chi connectivity index (χ1n) is 7.10. The number of H-pyrrole nitrogens is 1. The van der Waals surface area contributed by atoms with Crippen molar-refractivity contribution in [1.29, 1.82) is 0 Å². The second kappa shape index (κ2) is 6.95. The Morgan fingerprint density at radius 1 is 1.24 bits per heavy atom. The molecule has 0 fully saturated rings. The van der Waals surface area contributed by atoms with Gasteiger partial charge in [-0.3, -0.25) is 4.57 Å². The summed E-state index contributed by atoms with van der Waals surface area (Å²) in [6.07, 6.45) is 0. The molecule has 114 valence electrons. The Morgan fingerprint density at radius 2 is 1.90 bits per heavy atom. The smallest absolute Gasteiger partial charge is 0.312 e. The highest BCUT2D eigenvalue weighted by molar-refractivity contribution is 7.99. The molecule has 2 unspecified atom stereocenters. The summed E-state index contributed by atoms with van der Waals surface area (Å²) >= 11 is 1.60. The molecule has 0 spiro atoms. The molecule has 2 N–H and O–H groups in total. The molecule has 0 bridgehead atoms. The zero-order valence-corrected chi connectivity index (χ0v) is 13.6. The molecule has 0 aliphatic carbocycles. The Hall–Kier alpha value is -1.53. The lowest BCUT2D eigenvalue weighted by Crippen LogP contribution is -2.26. The summed E-state index contributed by atoms with van der Waals surface area (Å²) in [6.45, 7) is 6.11. The first kappa shape index (κ1) is 15.9. The first-order chi connectivity index (χ1) is 10.0. The summed E-state index contributed by atoms with van der Waals surface area (Å²) in [5.74, 6) is 0.